The Bertz CT molecular complexity index is 1110. The Morgan fingerprint density at radius 2 is 2.15 bits per heavy atom. The number of H-pyrrole nitrogens is 3. The number of benzene rings is 1. The molecule has 3 aromatic rings. The molecule has 1 aliphatic rings. The second-order valence-electron chi connectivity index (χ2n) is 7.05. The molecular weight excluding hydrogens is 346 g/mol. The van der Waals surface area contributed by atoms with Crippen LogP contribution < -0.4 is 11.2 Å². The lowest BCUT2D eigenvalue weighted by molar-refractivity contribution is -0.131. The number of nitrogens with zero attached hydrogens (tertiary/aromatic N) is 2. The molecule has 0 unspecified atom stereocenters. The Kier molecular flexibility index (Phi) is 4.39. The summed E-state index contributed by atoms with van der Waals surface area (Å²) in [5.41, 5.74) is 2.27. The minimum absolute atomic E-state index is 0.0297. The van der Waals surface area contributed by atoms with E-state index in [1.54, 1.807) is 4.90 Å². The number of para-hydroxylation sites is 1. The summed E-state index contributed by atoms with van der Waals surface area (Å²) in [5.74, 6) is 0.923. The molecule has 4 rings (SSSR count). The maximum Gasteiger partial charge on any atom is 0.325 e. The first-order valence-corrected chi connectivity index (χ1v) is 9.05. The van der Waals surface area contributed by atoms with E-state index in [2.05, 4.69) is 15.0 Å². The molecule has 3 heterocycles. The first-order chi connectivity index (χ1) is 13.0. The number of hydrogen-bond donors (Lipinski definition) is 3. The monoisotopic (exact) mass is 367 g/mol. The average molecular weight is 367 g/mol. The summed E-state index contributed by atoms with van der Waals surface area (Å²) in [5, 5.41) is 0. The number of aromatic amines is 3. The molecule has 140 valence electrons. The third kappa shape index (κ3) is 3.42. The Morgan fingerprint density at radius 1 is 1.30 bits per heavy atom. The van der Waals surface area contributed by atoms with Crippen LogP contribution in [0.3, 0.4) is 0 Å². The number of imidazole rings is 1. The maximum atomic E-state index is 12.7. The van der Waals surface area contributed by atoms with E-state index in [9.17, 15) is 14.4 Å². The lowest BCUT2D eigenvalue weighted by atomic mass is 9.97. The maximum absolute atomic E-state index is 12.7. The molecule has 27 heavy (non-hydrogen) atoms. The van der Waals surface area contributed by atoms with Gasteiger partial charge in [0.2, 0.25) is 5.91 Å². The van der Waals surface area contributed by atoms with E-state index in [-0.39, 0.29) is 23.8 Å². The molecule has 0 radical (unpaired) electrons. The van der Waals surface area contributed by atoms with Crippen LogP contribution in [0.25, 0.3) is 11.0 Å². The fourth-order valence-electron chi connectivity index (χ4n) is 3.66. The summed E-state index contributed by atoms with van der Waals surface area (Å²) in [4.78, 5) is 50.1. The number of rotatable bonds is 3. The molecule has 3 N–H and O–H groups in total. The number of nitrogens with one attached hydrogen (secondary N) is 3. The van der Waals surface area contributed by atoms with Crippen molar-refractivity contribution in [3.63, 3.8) is 0 Å². The van der Waals surface area contributed by atoms with Crippen molar-refractivity contribution >= 4 is 16.9 Å². The van der Waals surface area contributed by atoms with Crippen LogP contribution in [0.5, 0.6) is 0 Å². The lowest BCUT2D eigenvalue weighted by Crippen LogP contribution is -2.41. The van der Waals surface area contributed by atoms with Gasteiger partial charge in [-0.25, -0.2) is 9.78 Å². The van der Waals surface area contributed by atoms with Gasteiger partial charge in [0.05, 0.1) is 17.5 Å². The van der Waals surface area contributed by atoms with Crippen molar-refractivity contribution < 1.29 is 4.79 Å². The highest BCUT2D eigenvalue weighted by atomic mass is 16.2. The Balaban J connectivity index is 1.51. The topological polar surface area (TPSA) is 115 Å². The van der Waals surface area contributed by atoms with E-state index in [0.717, 1.165) is 35.3 Å². The summed E-state index contributed by atoms with van der Waals surface area (Å²) in [7, 11) is 0. The first-order valence-electron chi connectivity index (χ1n) is 9.05. The van der Waals surface area contributed by atoms with Crippen LogP contribution in [0.15, 0.2) is 34.0 Å². The molecule has 1 amide bonds. The number of carbonyl (C=O) groups is 1. The first kappa shape index (κ1) is 17.3. The Hall–Kier alpha value is -3.16. The van der Waals surface area contributed by atoms with Gasteiger partial charge in [0, 0.05) is 30.8 Å². The fourth-order valence-corrected chi connectivity index (χ4v) is 3.66. The van der Waals surface area contributed by atoms with Crippen LogP contribution in [0.4, 0.5) is 0 Å². The van der Waals surface area contributed by atoms with Crippen LogP contribution in [0.1, 0.15) is 35.7 Å². The Labute approximate surface area is 154 Å². The molecule has 1 aromatic carbocycles. The van der Waals surface area contributed by atoms with E-state index in [4.69, 9.17) is 4.98 Å². The number of aryl methyl sites for hydroxylation is 1. The summed E-state index contributed by atoms with van der Waals surface area (Å²) in [6.07, 6.45) is 3.12. The SMILES string of the molecule is Cc1cccc2[nH]c([C@H]3CCCN(C(=O)Cc4c[nH]c(=O)[nH]c4=O)C3)nc12. The van der Waals surface area contributed by atoms with Gasteiger partial charge in [-0.05, 0) is 31.4 Å². The second-order valence-corrected chi connectivity index (χ2v) is 7.05. The van der Waals surface area contributed by atoms with Crippen molar-refractivity contribution in [2.45, 2.75) is 32.1 Å². The summed E-state index contributed by atoms with van der Waals surface area (Å²) in [6, 6.07) is 6.04. The molecular formula is C19H21N5O3. The number of fused-ring (bicyclic) bond motifs is 1. The van der Waals surface area contributed by atoms with E-state index >= 15 is 0 Å². The van der Waals surface area contributed by atoms with E-state index in [0.29, 0.717) is 13.1 Å². The zero-order valence-corrected chi connectivity index (χ0v) is 15.0. The largest absolute Gasteiger partial charge is 0.342 e. The van der Waals surface area contributed by atoms with Crippen LogP contribution in [-0.4, -0.2) is 43.8 Å². The van der Waals surface area contributed by atoms with Gasteiger partial charge in [0.1, 0.15) is 5.82 Å². The molecule has 0 spiro atoms. The zero-order valence-electron chi connectivity index (χ0n) is 15.0. The number of aromatic nitrogens is 4. The van der Waals surface area contributed by atoms with E-state index in [1.807, 2.05) is 25.1 Å². The molecule has 0 aliphatic carbocycles. The summed E-state index contributed by atoms with van der Waals surface area (Å²) in [6.45, 7) is 3.26. The number of carbonyl (C=O) groups excluding carboxylic acids is 1. The zero-order chi connectivity index (χ0) is 19.0. The van der Waals surface area contributed by atoms with Crippen molar-refractivity contribution in [3.05, 3.63) is 62.2 Å². The lowest BCUT2D eigenvalue weighted by Gasteiger charge is -2.31. The number of hydrogen-bond acceptors (Lipinski definition) is 4. The predicted molar refractivity (Wildman–Crippen MR) is 101 cm³/mol. The van der Waals surface area contributed by atoms with Crippen molar-refractivity contribution in [3.8, 4) is 0 Å². The van der Waals surface area contributed by atoms with Crippen molar-refractivity contribution in [2.75, 3.05) is 13.1 Å². The molecule has 8 nitrogen and oxygen atoms in total. The van der Waals surface area contributed by atoms with Gasteiger partial charge in [0.15, 0.2) is 0 Å². The normalized spacial score (nSPS) is 17.4. The molecule has 8 heteroatoms. The molecule has 2 aromatic heterocycles. The van der Waals surface area contributed by atoms with Gasteiger partial charge >= 0.3 is 5.69 Å². The van der Waals surface area contributed by atoms with E-state index in [1.165, 1.54) is 6.20 Å². The van der Waals surface area contributed by atoms with Gasteiger partial charge in [0.25, 0.3) is 5.56 Å². The van der Waals surface area contributed by atoms with Gasteiger partial charge in [-0.1, -0.05) is 12.1 Å². The molecule has 0 saturated carbocycles. The van der Waals surface area contributed by atoms with E-state index < -0.39 is 11.2 Å². The smallest absolute Gasteiger partial charge is 0.325 e. The second kappa shape index (κ2) is 6.86. The third-order valence-corrected chi connectivity index (χ3v) is 5.13. The molecule has 1 saturated heterocycles. The molecule has 0 bridgehead atoms. The number of piperidine rings is 1. The molecule has 1 atom stereocenters. The molecule has 1 aliphatic heterocycles. The van der Waals surface area contributed by atoms with Crippen LogP contribution in [0.2, 0.25) is 0 Å². The van der Waals surface area contributed by atoms with Gasteiger partial charge in [-0.3, -0.25) is 14.6 Å². The minimum Gasteiger partial charge on any atom is -0.342 e. The van der Waals surface area contributed by atoms with Crippen LogP contribution >= 0.6 is 0 Å². The highest BCUT2D eigenvalue weighted by molar-refractivity contribution is 5.79. The third-order valence-electron chi connectivity index (χ3n) is 5.13. The number of likely N-dealkylation sites (tertiary alicyclic amines) is 1. The average Bonchev–Trinajstić information content (AvgIpc) is 3.10. The quantitative estimate of drug-likeness (QED) is 0.645. The van der Waals surface area contributed by atoms with Crippen LogP contribution in [0, 0.1) is 6.92 Å². The summed E-state index contributed by atoms with van der Waals surface area (Å²) >= 11 is 0. The summed E-state index contributed by atoms with van der Waals surface area (Å²) < 4.78 is 0. The Morgan fingerprint density at radius 3 is 2.93 bits per heavy atom. The highest BCUT2D eigenvalue weighted by Gasteiger charge is 2.27. The predicted octanol–water partition coefficient (Wildman–Crippen LogP) is 1.20. The highest BCUT2D eigenvalue weighted by Crippen LogP contribution is 2.27. The van der Waals surface area contributed by atoms with Crippen LogP contribution in [-0.2, 0) is 11.2 Å². The van der Waals surface area contributed by atoms with Gasteiger partial charge in [-0.15, -0.1) is 0 Å². The van der Waals surface area contributed by atoms with Gasteiger partial charge < -0.3 is 14.9 Å². The standard InChI is InChI=1S/C19H21N5O3/c1-11-4-2-6-14-16(11)22-17(21-14)12-5-3-7-24(10-12)15(25)8-13-9-20-19(27)23-18(13)26/h2,4,6,9,12H,3,5,7-8,10H2,1H3,(H,21,22)(H2,20,23,26,27)/t12-/m0/s1. The minimum atomic E-state index is -0.575. The molecule has 1 fully saturated rings. The van der Waals surface area contributed by atoms with Crippen molar-refractivity contribution in [1.82, 2.24) is 24.8 Å². The van der Waals surface area contributed by atoms with Crippen molar-refractivity contribution in [1.29, 1.82) is 0 Å². The van der Waals surface area contributed by atoms with Gasteiger partial charge in [-0.2, -0.15) is 0 Å². The fraction of sp³-hybridized carbons (Fsp3) is 0.368. The van der Waals surface area contributed by atoms with Crippen molar-refractivity contribution in [2.24, 2.45) is 0 Å². The number of amides is 1.